The van der Waals surface area contributed by atoms with Gasteiger partial charge < -0.3 is 5.73 Å². The molecule has 0 unspecified atom stereocenters. The highest BCUT2D eigenvalue weighted by atomic mass is 32.2. The normalized spacial score (nSPS) is 21.0. The fraction of sp³-hybridized carbons (Fsp3) is 0.400. The van der Waals surface area contributed by atoms with E-state index in [1.54, 1.807) is 7.05 Å². The minimum absolute atomic E-state index is 0.237. The van der Waals surface area contributed by atoms with Crippen LogP contribution in [0.25, 0.3) is 0 Å². The summed E-state index contributed by atoms with van der Waals surface area (Å²) < 4.78 is 29.6. The molecule has 0 bridgehead atoms. The summed E-state index contributed by atoms with van der Waals surface area (Å²) >= 11 is 0. The van der Waals surface area contributed by atoms with E-state index in [-0.39, 0.29) is 17.0 Å². The van der Waals surface area contributed by atoms with Crippen molar-refractivity contribution in [3.05, 3.63) is 47.3 Å². The standard InChI is InChI=1S/C15H20N4O2S/c1-3-12-14(9-19(2)17-12)22(20,21)18-13-8-10-6-4-5-7-11(10)15(13)16/h4-7,9,13,15,18H,3,8,16H2,1-2H3/t13-,15-/m1/s1. The molecule has 0 radical (unpaired) electrons. The lowest BCUT2D eigenvalue weighted by atomic mass is 10.1. The molecule has 3 N–H and O–H groups in total. The predicted octanol–water partition coefficient (Wildman–Crippen LogP) is 0.885. The number of benzene rings is 1. The van der Waals surface area contributed by atoms with Crippen LogP contribution in [0.1, 0.15) is 29.8 Å². The van der Waals surface area contributed by atoms with Crippen molar-refractivity contribution in [2.75, 3.05) is 0 Å². The van der Waals surface area contributed by atoms with E-state index in [4.69, 9.17) is 5.73 Å². The molecule has 0 saturated heterocycles. The molecule has 0 fully saturated rings. The van der Waals surface area contributed by atoms with Crippen molar-refractivity contribution in [1.82, 2.24) is 14.5 Å². The maximum atomic E-state index is 12.7. The van der Waals surface area contributed by atoms with Crippen LogP contribution in [0.5, 0.6) is 0 Å². The smallest absolute Gasteiger partial charge is 0.244 e. The SMILES string of the molecule is CCc1nn(C)cc1S(=O)(=O)N[C@@H]1Cc2ccccc2[C@H]1N. The number of fused-ring (bicyclic) bond motifs is 1. The first-order valence-electron chi connectivity index (χ1n) is 7.30. The van der Waals surface area contributed by atoms with Gasteiger partial charge in [-0.25, -0.2) is 13.1 Å². The number of nitrogens with zero attached hydrogens (tertiary/aromatic N) is 2. The quantitative estimate of drug-likeness (QED) is 0.875. The topological polar surface area (TPSA) is 90.0 Å². The Morgan fingerprint density at radius 3 is 2.82 bits per heavy atom. The van der Waals surface area contributed by atoms with E-state index in [9.17, 15) is 8.42 Å². The van der Waals surface area contributed by atoms with Gasteiger partial charge in [-0.1, -0.05) is 31.2 Å². The maximum Gasteiger partial charge on any atom is 0.244 e. The second kappa shape index (κ2) is 5.49. The summed E-state index contributed by atoms with van der Waals surface area (Å²) in [7, 11) is -1.91. The van der Waals surface area contributed by atoms with Gasteiger partial charge in [0.2, 0.25) is 10.0 Å². The third-order valence-electron chi connectivity index (χ3n) is 4.09. The number of aromatic nitrogens is 2. The molecular formula is C15H20N4O2S. The molecule has 1 aliphatic carbocycles. The van der Waals surface area contributed by atoms with E-state index in [1.165, 1.54) is 10.9 Å². The van der Waals surface area contributed by atoms with Gasteiger partial charge in [0.1, 0.15) is 4.90 Å². The van der Waals surface area contributed by atoms with Gasteiger partial charge in [0.05, 0.1) is 5.69 Å². The van der Waals surface area contributed by atoms with Crippen molar-refractivity contribution in [2.24, 2.45) is 12.8 Å². The van der Waals surface area contributed by atoms with E-state index in [2.05, 4.69) is 9.82 Å². The first kappa shape index (κ1) is 15.2. The van der Waals surface area contributed by atoms with Crippen LogP contribution < -0.4 is 10.5 Å². The van der Waals surface area contributed by atoms with E-state index >= 15 is 0 Å². The molecule has 0 amide bonds. The van der Waals surface area contributed by atoms with Crippen LogP contribution in [0, 0.1) is 0 Å². The van der Waals surface area contributed by atoms with Gasteiger partial charge in [-0.3, -0.25) is 4.68 Å². The van der Waals surface area contributed by atoms with Crippen molar-refractivity contribution in [1.29, 1.82) is 0 Å². The number of sulfonamides is 1. The number of rotatable bonds is 4. The molecule has 118 valence electrons. The summed E-state index contributed by atoms with van der Waals surface area (Å²) in [5.41, 5.74) is 8.89. The number of nitrogens with one attached hydrogen (secondary N) is 1. The van der Waals surface area contributed by atoms with Crippen LogP contribution in [0.4, 0.5) is 0 Å². The van der Waals surface area contributed by atoms with Gasteiger partial charge in [-0.15, -0.1) is 0 Å². The lowest BCUT2D eigenvalue weighted by Gasteiger charge is -2.17. The van der Waals surface area contributed by atoms with Crippen LogP contribution in [0.3, 0.4) is 0 Å². The molecule has 2 atom stereocenters. The largest absolute Gasteiger partial charge is 0.323 e. The van der Waals surface area contributed by atoms with Crippen molar-refractivity contribution in [3.63, 3.8) is 0 Å². The summed E-state index contributed by atoms with van der Waals surface area (Å²) in [5, 5.41) is 4.19. The average Bonchev–Trinajstić information content (AvgIpc) is 3.01. The van der Waals surface area contributed by atoms with Gasteiger partial charge in [0.15, 0.2) is 0 Å². The van der Waals surface area contributed by atoms with Crippen molar-refractivity contribution >= 4 is 10.0 Å². The third-order valence-corrected chi connectivity index (χ3v) is 5.62. The fourth-order valence-corrected chi connectivity index (χ4v) is 4.53. The van der Waals surface area contributed by atoms with Crippen molar-refractivity contribution in [2.45, 2.75) is 36.7 Å². The molecule has 0 spiro atoms. The monoisotopic (exact) mass is 320 g/mol. The van der Waals surface area contributed by atoms with Crippen LogP contribution in [-0.2, 0) is 29.9 Å². The van der Waals surface area contributed by atoms with E-state index in [1.807, 2.05) is 31.2 Å². The van der Waals surface area contributed by atoms with Crippen LogP contribution in [-0.4, -0.2) is 24.2 Å². The Morgan fingerprint density at radius 1 is 1.41 bits per heavy atom. The van der Waals surface area contributed by atoms with Crippen LogP contribution in [0.15, 0.2) is 35.4 Å². The Balaban J connectivity index is 1.87. The predicted molar refractivity (Wildman–Crippen MR) is 83.8 cm³/mol. The molecule has 1 heterocycles. The molecule has 6 nitrogen and oxygen atoms in total. The van der Waals surface area contributed by atoms with Gasteiger partial charge in [0, 0.05) is 25.3 Å². The highest BCUT2D eigenvalue weighted by Gasteiger charge is 2.34. The van der Waals surface area contributed by atoms with Gasteiger partial charge in [-0.05, 0) is 24.0 Å². The summed E-state index contributed by atoms with van der Waals surface area (Å²) in [6.07, 6.45) is 2.71. The molecule has 7 heteroatoms. The van der Waals surface area contributed by atoms with E-state index in [0.717, 1.165) is 11.1 Å². The molecular weight excluding hydrogens is 300 g/mol. The number of hydrogen-bond acceptors (Lipinski definition) is 4. The second-order valence-corrected chi connectivity index (χ2v) is 7.31. The molecule has 3 rings (SSSR count). The summed E-state index contributed by atoms with van der Waals surface area (Å²) in [4.78, 5) is 0.237. The zero-order valence-corrected chi connectivity index (χ0v) is 13.5. The lowest BCUT2D eigenvalue weighted by Crippen LogP contribution is -2.40. The Bertz CT molecular complexity index is 798. The van der Waals surface area contributed by atoms with Crippen LogP contribution >= 0.6 is 0 Å². The van der Waals surface area contributed by atoms with E-state index < -0.39 is 10.0 Å². The summed E-state index contributed by atoms with van der Waals surface area (Å²) in [6, 6.07) is 7.16. The Morgan fingerprint density at radius 2 is 2.14 bits per heavy atom. The molecule has 22 heavy (non-hydrogen) atoms. The highest BCUT2D eigenvalue weighted by molar-refractivity contribution is 7.89. The number of aryl methyl sites for hydroxylation is 2. The fourth-order valence-electron chi connectivity index (χ4n) is 2.99. The molecule has 1 aromatic carbocycles. The average molecular weight is 320 g/mol. The molecule has 0 aliphatic heterocycles. The molecule has 2 aromatic rings. The Hall–Kier alpha value is -1.70. The highest BCUT2D eigenvalue weighted by Crippen LogP contribution is 2.30. The van der Waals surface area contributed by atoms with E-state index in [0.29, 0.717) is 18.5 Å². The summed E-state index contributed by atoms with van der Waals surface area (Å²) in [5.74, 6) is 0. The first-order chi connectivity index (χ1) is 10.4. The van der Waals surface area contributed by atoms with Crippen molar-refractivity contribution in [3.8, 4) is 0 Å². The van der Waals surface area contributed by atoms with Crippen LogP contribution in [0.2, 0.25) is 0 Å². The molecule has 0 saturated carbocycles. The summed E-state index contributed by atoms with van der Waals surface area (Å²) in [6.45, 7) is 1.89. The third kappa shape index (κ3) is 2.55. The maximum absolute atomic E-state index is 12.7. The number of nitrogens with two attached hydrogens (primary N) is 1. The Kier molecular flexibility index (Phi) is 3.80. The van der Waals surface area contributed by atoms with Gasteiger partial charge >= 0.3 is 0 Å². The molecule has 1 aliphatic rings. The van der Waals surface area contributed by atoms with Gasteiger partial charge in [0.25, 0.3) is 0 Å². The second-order valence-electron chi connectivity index (χ2n) is 5.62. The zero-order valence-electron chi connectivity index (χ0n) is 12.7. The minimum Gasteiger partial charge on any atom is -0.323 e. The van der Waals surface area contributed by atoms with Gasteiger partial charge in [-0.2, -0.15) is 5.10 Å². The van der Waals surface area contributed by atoms with Crippen molar-refractivity contribution < 1.29 is 8.42 Å². The minimum atomic E-state index is -3.63. The lowest BCUT2D eigenvalue weighted by molar-refractivity contribution is 0.514. The first-order valence-corrected chi connectivity index (χ1v) is 8.79. The zero-order chi connectivity index (χ0) is 15.9. The number of hydrogen-bond donors (Lipinski definition) is 2. The Labute approximate surface area is 130 Å². The molecule has 1 aromatic heterocycles.